The molecule has 0 heterocycles. The minimum Gasteiger partial charge on any atom is -0.423 e. The van der Waals surface area contributed by atoms with E-state index in [1.54, 1.807) is 25.1 Å². The molecule has 164 valence electrons. The molecule has 0 fully saturated rings. The molecular formula is C24H25FO6. The van der Waals surface area contributed by atoms with Gasteiger partial charge in [-0.05, 0) is 54.8 Å². The number of hydrogen-bond acceptors (Lipinski definition) is 6. The van der Waals surface area contributed by atoms with Crippen molar-refractivity contribution in [3.8, 4) is 22.6 Å². The summed E-state index contributed by atoms with van der Waals surface area (Å²) in [7, 11) is 3.03. The molecule has 2 aromatic rings. The quantitative estimate of drug-likeness (QED) is 0.326. The molecule has 0 aliphatic heterocycles. The van der Waals surface area contributed by atoms with Crippen molar-refractivity contribution in [1.29, 1.82) is 0 Å². The van der Waals surface area contributed by atoms with E-state index in [1.165, 1.54) is 33.3 Å². The summed E-state index contributed by atoms with van der Waals surface area (Å²) in [5.41, 5.74) is 2.84. The van der Waals surface area contributed by atoms with Crippen molar-refractivity contribution in [2.75, 3.05) is 14.2 Å². The summed E-state index contributed by atoms with van der Waals surface area (Å²) < 4.78 is 35.5. The van der Waals surface area contributed by atoms with Crippen LogP contribution in [-0.4, -0.2) is 26.2 Å². The summed E-state index contributed by atoms with van der Waals surface area (Å²) in [5.74, 6) is -1.88. The van der Waals surface area contributed by atoms with E-state index in [0.29, 0.717) is 28.0 Å². The number of hydrogen-bond donors (Lipinski definition) is 0. The van der Waals surface area contributed by atoms with Gasteiger partial charge in [-0.2, -0.15) is 0 Å². The number of methoxy groups -OCH3 is 2. The Bertz CT molecular complexity index is 1020. The Morgan fingerprint density at radius 3 is 1.90 bits per heavy atom. The molecule has 0 saturated heterocycles. The molecule has 7 heteroatoms. The van der Waals surface area contributed by atoms with Crippen LogP contribution in [0.3, 0.4) is 0 Å². The second kappa shape index (κ2) is 10.7. The number of esters is 2. The zero-order valence-electron chi connectivity index (χ0n) is 18.0. The minimum atomic E-state index is -0.710. The van der Waals surface area contributed by atoms with Gasteiger partial charge in [0.1, 0.15) is 5.75 Å². The Balaban J connectivity index is 2.53. The van der Waals surface area contributed by atoms with Crippen LogP contribution in [0.4, 0.5) is 4.39 Å². The van der Waals surface area contributed by atoms with Gasteiger partial charge in [0.05, 0.1) is 13.2 Å². The van der Waals surface area contributed by atoms with Gasteiger partial charge in [0.2, 0.25) is 0 Å². The zero-order chi connectivity index (χ0) is 23.1. The monoisotopic (exact) mass is 428 g/mol. The van der Waals surface area contributed by atoms with Gasteiger partial charge in [-0.3, -0.25) is 0 Å². The van der Waals surface area contributed by atoms with E-state index >= 15 is 0 Å². The molecule has 0 amide bonds. The number of rotatable bonds is 9. The molecular weight excluding hydrogens is 403 g/mol. The molecule has 0 aliphatic rings. The Kier molecular flexibility index (Phi) is 8.24. The third-order valence-electron chi connectivity index (χ3n) is 4.23. The van der Waals surface area contributed by atoms with Crippen LogP contribution < -0.4 is 9.47 Å². The lowest BCUT2D eigenvalue weighted by Gasteiger charge is -2.17. The van der Waals surface area contributed by atoms with Crippen LogP contribution in [-0.2, 0) is 32.3 Å². The van der Waals surface area contributed by atoms with Gasteiger partial charge in [-0.1, -0.05) is 19.2 Å². The van der Waals surface area contributed by atoms with Crippen molar-refractivity contribution in [3.63, 3.8) is 0 Å². The van der Waals surface area contributed by atoms with E-state index in [-0.39, 0.29) is 30.1 Å². The molecule has 0 radical (unpaired) electrons. The average molecular weight is 428 g/mol. The van der Waals surface area contributed by atoms with Gasteiger partial charge >= 0.3 is 11.9 Å². The fourth-order valence-electron chi connectivity index (χ4n) is 2.70. The van der Waals surface area contributed by atoms with Crippen molar-refractivity contribution >= 4 is 11.9 Å². The number of carbonyl (C=O) groups excluding carboxylic acids is 2. The first-order valence-electron chi connectivity index (χ1n) is 9.36. The predicted molar refractivity (Wildman–Crippen MR) is 114 cm³/mol. The number of benzene rings is 2. The molecule has 6 nitrogen and oxygen atoms in total. The lowest BCUT2D eigenvalue weighted by atomic mass is 9.96. The van der Waals surface area contributed by atoms with Crippen LogP contribution >= 0.6 is 0 Å². The molecule has 2 aromatic carbocycles. The molecule has 0 aliphatic carbocycles. The van der Waals surface area contributed by atoms with Crippen molar-refractivity contribution in [2.45, 2.75) is 27.1 Å². The summed E-state index contributed by atoms with van der Waals surface area (Å²) in [5, 5.41) is 0. The van der Waals surface area contributed by atoms with E-state index in [4.69, 9.17) is 18.9 Å². The summed E-state index contributed by atoms with van der Waals surface area (Å²) in [6, 6.07) is 7.64. The largest absolute Gasteiger partial charge is 0.423 e. The molecule has 0 saturated carbocycles. The molecule has 31 heavy (non-hydrogen) atoms. The predicted octanol–water partition coefficient (Wildman–Crippen LogP) is 4.75. The fourth-order valence-corrected chi connectivity index (χ4v) is 2.70. The first-order valence-corrected chi connectivity index (χ1v) is 9.36. The van der Waals surface area contributed by atoms with Crippen molar-refractivity contribution < 1.29 is 32.9 Å². The maximum absolute atomic E-state index is 14.6. The second-order valence-electron chi connectivity index (χ2n) is 6.97. The summed E-state index contributed by atoms with van der Waals surface area (Å²) in [4.78, 5) is 23.7. The third kappa shape index (κ3) is 6.10. The molecule has 0 aromatic heterocycles. The molecule has 0 bridgehead atoms. The summed E-state index contributed by atoms with van der Waals surface area (Å²) in [6.45, 7) is 10.4. The minimum absolute atomic E-state index is 0.162. The standard InChI is InChI=1S/C24H25FO6/c1-14(2)23(26)30-21-8-7-16(10-20(21)25)19-9-18(13-29-6)22(11-17(19)12-28-5)31-24(27)15(3)4/h7-11H,1,3,12-13H2,2,4-6H3. The molecule has 2 rings (SSSR count). The third-order valence-corrected chi connectivity index (χ3v) is 4.23. The van der Waals surface area contributed by atoms with E-state index in [0.717, 1.165) is 0 Å². The molecule has 0 N–H and O–H groups in total. The summed E-state index contributed by atoms with van der Waals surface area (Å²) >= 11 is 0. The first kappa shape index (κ1) is 24.0. The van der Waals surface area contributed by atoms with Gasteiger partial charge in [0.15, 0.2) is 11.6 Å². The van der Waals surface area contributed by atoms with Crippen LogP contribution in [0.5, 0.6) is 11.5 Å². The lowest BCUT2D eigenvalue weighted by Crippen LogP contribution is -2.11. The second-order valence-corrected chi connectivity index (χ2v) is 6.97. The van der Waals surface area contributed by atoms with Crippen LogP contribution in [0.2, 0.25) is 0 Å². The average Bonchev–Trinajstić information content (AvgIpc) is 2.71. The number of carbonyl (C=O) groups is 2. The SMILES string of the molecule is C=C(C)C(=O)Oc1ccc(-c2cc(COC)c(OC(=O)C(=C)C)cc2COC)cc1F. The highest BCUT2D eigenvalue weighted by molar-refractivity contribution is 5.89. The van der Waals surface area contributed by atoms with Crippen molar-refractivity contribution in [2.24, 2.45) is 0 Å². The summed E-state index contributed by atoms with van der Waals surface area (Å²) in [6.07, 6.45) is 0. The van der Waals surface area contributed by atoms with Crippen LogP contribution in [0, 0.1) is 5.82 Å². The van der Waals surface area contributed by atoms with Gasteiger partial charge in [0.25, 0.3) is 0 Å². The number of ether oxygens (including phenoxy) is 4. The Morgan fingerprint density at radius 1 is 0.839 bits per heavy atom. The van der Waals surface area contributed by atoms with E-state index in [1.807, 2.05) is 0 Å². The van der Waals surface area contributed by atoms with E-state index in [2.05, 4.69) is 13.2 Å². The lowest BCUT2D eigenvalue weighted by molar-refractivity contribution is -0.131. The maximum Gasteiger partial charge on any atom is 0.338 e. The van der Waals surface area contributed by atoms with Gasteiger partial charge in [-0.25, -0.2) is 14.0 Å². The Morgan fingerprint density at radius 2 is 1.39 bits per heavy atom. The van der Waals surface area contributed by atoms with Gasteiger partial charge in [-0.15, -0.1) is 0 Å². The van der Waals surface area contributed by atoms with Gasteiger partial charge < -0.3 is 18.9 Å². The zero-order valence-corrected chi connectivity index (χ0v) is 18.0. The van der Waals surface area contributed by atoms with E-state index < -0.39 is 17.8 Å². The topological polar surface area (TPSA) is 71.1 Å². The molecule has 0 atom stereocenters. The van der Waals surface area contributed by atoms with Crippen LogP contribution in [0.1, 0.15) is 25.0 Å². The van der Waals surface area contributed by atoms with E-state index in [9.17, 15) is 14.0 Å². The Labute approximate surface area is 180 Å². The van der Waals surface area contributed by atoms with Crippen LogP contribution in [0.15, 0.2) is 54.6 Å². The Hall–Kier alpha value is -3.29. The van der Waals surface area contributed by atoms with Crippen molar-refractivity contribution in [1.82, 2.24) is 0 Å². The fraction of sp³-hybridized carbons (Fsp3) is 0.250. The molecule has 0 spiro atoms. The maximum atomic E-state index is 14.6. The highest BCUT2D eigenvalue weighted by Gasteiger charge is 2.18. The molecule has 0 unspecified atom stereocenters. The highest BCUT2D eigenvalue weighted by atomic mass is 19.1. The van der Waals surface area contributed by atoms with Crippen molar-refractivity contribution in [3.05, 3.63) is 71.6 Å². The number of halogens is 1. The van der Waals surface area contributed by atoms with Crippen LogP contribution in [0.25, 0.3) is 11.1 Å². The first-order chi connectivity index (χ1) is 14.7. The highest BCUT2D eigenvalue weighted by Crippen LogP contribution is 2.34. The normalized spacial score (nSPS) is 10.5. The smallest absolute Gasteiger partial charge is 0.338 e. The van der Waals surface area contributed by atoms with Gasteiger partial charge in [0, 0.05) is 30.9 Å².